The number of ether oxygens (including phenoxy) is 3. The molecule has 0 radical (unpaired) electrons. The van der Waals surface area contributed by atoms with Gasteiger partial charge in [-0.3, -0.25) is 43.0 Å². The van der Waals surface area contributed by atoms with Crippen molar-refractivity contribution in [2.24, 2.45) is 47.3 Å². The first-order valence-electron chi connectivity index (χ1n) is 37.3. The molecule has 5 aromatic carbocycles. The molecule has 2 aliphatic heterocycles. The number of hydrogen-bond acceptors (Lipinski definition) is 17. The van der Waals surface area contributed by atoms with Gasteiger partial charge in [-0.1, -0.05) is 79.7 Å². The van der Waals surface area contributed by atoms with E-state index in [-0.39, 0.29) is 98.9 Å². The van der Waals surface area contributed by atoms with Gasteiger partial charge in [0, 0.05) is 67.8 Å². The van der Waals surface area contributed by atoms with Crippen LogP contribution in [0.15, 0.2) is 103 Å². The fourth-order valence-electron chi connectivity index (χ4n) is 15.4. The lowest BCUT2D eigenvalue weighted by molar-refractivity contribution is -0.142. The first kappa shape index (κ1) is 79.8. The number of carboxylic acids is 1. The minimum absolute atomic E-state index is 0.0441. The van der Waals surface area contributed by atoms with E-state index in [9.17, 15) is 36.9 Å². The summed E-state index contributed by atoms with van der Waals surface area (Å²) >= 11 is -6.44. The SMILES string of the molecule is [C-]#[N+]c1cn2[nH]c(-c3ccc(N4CCC(C(=O)O)CC4)c(NC(=O)C(C)C)c3)nc2c1C(=O)OC1C(C)CC(C)CC1C.[C-]#[N+]c1cn2[nH]c(-c3ccc(N4CCOCC4)c(NS(=O)Oc4cc(NS(=O)Oc5cc(C)ccc5C)cc(NS(=O)Oc5cc(C)ccc5C)c4)c3)nc2c1C(=O)OC1C(C)CC(C)CC1C. The first-order chi connectivity index (χ1) is 53.1. The minimum Gasteiger partial charge on any atom is -0.481 e. The number of benzene rings is 5. The number of aryl methyl sites for hydroxylation is 4. The molecule has 9 aromatic rings. The van der Waals surface area contributed by atoms with Crippen LogP contribution in [-0.2, 0) is 57.6 Å². The average molecular weight is 1570 g/mol. The fraction of sp³-hybridized carbons (Fsp3) is 0.425. The van der Waals surface area contributed by atoms with E-state index >= 15 is 0 Å². The Hall–Kier alpha value is -10.7. The molecule has 31 heteroatoms. The summed E-state index contributed by atoms with van der Waals surface area (Å²) in [6, 6.07) is 26.7. The number of amides is 1. The summed E-state index contributed by atoms with van der Waals surface area (Å²) in [4.78, 5) is 72.4. The van der Waals surface area contributed by atoms with Gasteiger partial charge in [0.05, 0.1) is 66.4 Å². The van der Waals surface area contributed by atoms with Gasteiger partial charge in [0.15, 0.2) is 22.9 Å². The summed E-state index contributed by atoms with van der Waals surface area (Å²) < 4.78 is 87.7. The second-order valence-corrected chi connectivity index (χ2v) is 32.7. The van der Waals surface area contributed by atoms with Crippen LogP contribution in [0.5, 0.6) is 17.2 Å². The largest absolute Gasteiger partial charge is 0.481 e. The van der Waals surface area contributed by atoms with Crippen molar-refractivity contribution in [3.63, 3.8) is 0 Å². The van der Waals surface area contributed by atoms with E-state index in [1.165, 1.54) is 28.9 Å². The van der Waals surface area contributed by atoms with Crippen LogP contribution in [0.25, 0.3) is 43.8 Å². The number of rotatable bonds is 23. The van der Waals surface area contributed by atoms with Crippen LogP contribution in [-0.4, -0.2) is 122 Å². The molecule has 28 nitrogen and oxygen atoms in total. The van der Waals surface area contributed by atoms with Crippen LogP contribution in [0.3, 0.4) is 0 Å². The van der Waals surface area contributed by atoms with Gasteiger partial charge in [0.25, 0.3) is 0 Å². The van der Waals surface area contributed by atoms with Crippen LogP contribution >= 0.6 is 0 Å². The second-order valence-electron chi connectivity index (χ2n) is 30.2. The monoisotopic (exact) mass is 1570 g/mol. The molecule has 1 amide bonds. The highest BCUT2D eigenvalue weighted by Gasteiger charge is 2.38. The number of aliphatic carboxylic acids is 1. The molecule has 0 bridgehead atoms. The number of morpholine rings is 1. The smallest absolute Gasteiger partial charge is 0.331 e. The Morgan fingerprint density at radius 3 is 1.44 bits per heavy atom. The predicted molar refractivity (Wildman–Crippen MR) is 429 cm³/mol. The molecular formula is C80H94N14O14S3. The Bertz CT molecular complexity index is 5030. The quantitative estimate of drug-likeness (QED) is 0.0231. The summed E-state index contributed by atoms with van der Waals surface area (Å²) in [5, 5.41) is 18.8. The number of nitrogens with zero attached hydrogens (tertiary/aromatic N) is 8. The number of carboxylic acid groups (broad SMARTS) is 1. The molecule has 4 aliphatic rings. The molecule has 7 N–H and O–H groups in total. The van der Waals surface area contributed by atoms with E-state index in [0.717, 1.165) is 53.6 Å². The highest BCUT2D eigenvalue weighted by molar-refractivity contribution is 7.82. The molecule has 7 unspecified atom stereocenters. The molecule has 4 aromatic heterocycles. The molecule has 2 saturated heterocycles. The van der Waals surface area contributed by atoms with Crippen molar-refractivity contribution in [3.8, 4) is 40.0 Å². The number of hydrogen-bond donors (Lipinski definition) is 7. The maximum absolute atomic E-state index is 14.1. The van der Waals surface area contributed by atoms with Crippen LogP contribution in [0.2, 0.25) is 0 Å². The van der Waals surface area contributed by atoms with Crippen molar-refractivity contribution in [3.05, 3.63) is 160 Å². The number of nitrogens with one attached hydrogen (secondary N) is 6. The molecule has 6 heterocycles. The van der Waals surface area contributed by atoms with Crippen molar-refractivity contribution in [2.45, 2.75) is 134 Å². The molecule has 111 heavy (non-hydrogen) atoms. The van der Waals surface area contributed by atoms with Crippen LogP contribution < -0.4 is 41.8 Å². The van der Waals surface area contributed by atoms with Gasteiger partial charge >= 0.3 is 51.7 Å². The summed E-state index contributed by atoms with van der Waals surface area (Å²) in [6.07, 6.45) is 7.48. The summed E-state index contributed by atoms with van der Waals surface area (Å²) in [6.45, 7) is 42.7. The number of aromatic nitrogens is 6. The Kier molecular flexibility index (Phi) is 24.9. The number of aromatic amines is 2. The highest BCUT2D eigenvalue weighted by Crippen LogP contribution is 2.42. The van der Waals surface area contributed by atoms with Gasteiger partial charge in [-0.2, -0.15) is 12.6 Å². The van der Waals surface area contributed by atoms with Crippen LogP contribution in [0.4, 0.5) is 45.5 Å². The van der Waals surface area contributed by atoms with Gasteiger partial charge in [-0.25, -0.2) is 29.2 Å². The topological polar surface area (TPSA) is 325 Å². The zero-order chi connectivity index (χ0) is 79.2. The fourth-order valence-corrected chi connectivity index (χ4v) is 17.4. The normalized spacial score (nSPS) is 20.9. The first-order valence-corrected chi connectivity index (χ1v) is 40.5. The van der Waals surface area contributed by atoms with Crippen molar-refractivity contribution in [2.75, 3.05) is 68.7 Å². The van der Waals surface area contributed by atoms with Crippen LogP contribution in [0, 0.1) is 88.2 Å². The molecule has 4 fully saturated rings. The number of H-pyrrole nitrogens is 2. The molecule has 586 valence electrons. The van der Waals surface area contributed by atoms with Gasteiger partial charge in [0.2, 0.25) is 17.3 Å². The highest BCUT2D eigenvalue weighted by atomic mass is 32.2. The number of carbonyl (C=O) groups excluding carboxylic acids is 3. The second kappa shape index (κ2) is 34.7. The number of carbonyl (C=O) groups is 4. The summed E-state index contributed by atoms with van der Waals surface area (Å²) in [5.41, 5.74) is 8.74. The van der Waals surface area contributed by atoms with Gasteiger partial charge < -0.3 is 47.0 Å². The van der Waals surface area contributed by atoms with Crippen molar-refractivity contribution in [1.29, 1.82) is 0 Å². The Labute approximate surface area is 653 Å². The van der Waals surface area contributed by atoms with Gasteiger partial charge in [0.1, 0.15) is 40.6 Å². The average Bonchev–Trinajstić information content (AvgIpc) is 1.62. The van der Waals surface area contributed by atoms with E-state index < -0.39 is 51.7 Å². The Morgan fingerprint density at radius 1 is 0.568 bits per heavy atom. The van der Waals surface area contributed by atoms with Crippen molar-refractivity contribution in [1.82, 2.24) is 29.2 Å². The minimum atomic E-state index is -2.26. The Balaban J connectivity index is 0.000000229. The van der Waals surface area contributed by atoms with Gasteiger partial charge in [-0.15, -0.1) is 0 Å². The summed E-state index contributed by atoms with van der Waals surface area (Å²) in [7, 11) is 0. The van der Waals surface area contributed by atoms with Crippen molar-refractivity contribution < 1.29 is 63.7 Å². The number of fused-ring (bicyclic) bond motifs is 2. The number of anilines is 6. The van der Waals surface area contributed by atoms with E-state index in [1.807, 2.05) is 96.1 Å². The predicted octanol–water partition coefficient (Wildman–Crippen LogP) is 15.4. The van der Waals surface area contributed by atoms with Crippen molar-refractivity contribution >= 4 is 114 Å². The molecule has 2 saturated carbocycles. The molecular weight excluding hydrogens is 1480 g/mol. The zero-order valence-electron chi connectivity index (χ0n) is 64.1. The Morgan fingerprint density at radius 2 is 1.00 bits per heavy atom. The van der Waals surface area contributed by atoms with E-state index in [4.69, 9.17) is 49.9 Å². The zero-order valence-corrected chi connectivity index (χ0v) is 66.6. The molecule has 0 spiro atoms. The van der Waals surface area contributed by atoms with E-state index in [2.05, 4.69) is 90.7 Å². The third kappa shape index (κ3) is 18.8. The lowest BCUT2D eigenvalue weighted by Gasteiger charge is -2.37. The lowest BCUT2D eigenvalue weighted by Crippen LogP contribution is -2.37. The molecule has 13 rings (SSSR count). The molecule has 7 atom stereocenters. The number of esters is 2. The van der Waals surface area contributed by atoms with E-state index in [0.29, 0.717) is 121 Å². The lowest BCUT2D eigenvalue weighted by atomic mass is 9.75. The maximum atomic E-state index is 14.1. The maximum Gasteiger partial charge on any atom is 0.331 e. The van der Waals surface area contributed by atoms with E-state index in [1.54, 1.807) is 28.9 Å². The number of piperidine rings is 1. The summed E-state index contributed by atoms with van der Waals surface area (Å²) in [5.74, 6) is 0.957. The standard InChI is InChI=1S/C48H54N8O9S3.C32H40N6O5/c1-28-9-11-31(4)42(21-28)64-66(58)52-36-24-37(53-67(59)65-43-22-29(2)10-12-32(43)5)26-38(25-36)63-68(60)54-39-23-35(13-14-41(39)55-15-17-61-18-16-55)46-50-47-44(40(49-8)27-56(47)51-46)48(57)62-45-33(6)19-30(3)20-34(45)7;1-17(2)30(39)34-23-15-22(7-8-25(23)37-11-9-21(10-12-37)31(40)41)28-35-29-26(24(33-6)16-38(29)36-28)32(42)43-27-19(4)13-18(3)14-20(27)5/h9-14,21-27,30,33-34,45,52-54H,15-20H2,1-7H3,(H,50,51);7-8,15-21,27H,9-14H2,1-5H3,(H,34,39)(H,35,36)(H,40,41). The molecule has 2 aliphatic carbocycles. The third-order valence-electron chi connectivity index (χ3n) is 20.8. The van der Waals surface area contributed by atoms with Gasteiger partial charge in [-0.05, 0) is 179 Å². The van der Waals surface area contributed by atoms with Crippen LogP contribution in [0.1, 0.15) is 137 Å². The third-order valence-corrected chi connectivity index (χ3v) is 23.0.